The summed E-state index contributed by atoms with van der Waals surface area (Å²) in [6, 6.07) is 73.5. The predicted molar refractivity (Wildman–Crippen MR) is 512 cm³/mol. The molecule has 2 atom stereocenters. The van der Waals surface area contributed by atoms with Crippen molar-refractivity contribution in [3.63, 3.8) is 0 Å². The molecule has 148 heavy (non-hydrogen) atoms. The van der Waals surface area contributed by atoms with Gasteiger partial charge in [-0.3, -0.25) is 19.7 Å². The van der Waals surface area contributed by atoms with E-state index in [1.165, 1.54) is 57.8 Å². The number of halogens is 16. The van der Waals surface area contributed by atoms with E-state index in [2.05, 4.69) is 279 Å². The summed E-state index contributed by atoms with van der Waals surface area (Å²) in [6.07, 6.45) is -3.73. The Labute approximate surface area is 865 Å². The molecule has 0 N–H and O–H groups in total. The zero-order valence-corrected chi connectivity index (χ0v) is 86.4. The average Bonchev–Trinajstić information content (AvgIpc) is 0.739. The minimum Gasteiger partial charge on any atom is -0.691 e. The maximum atomic E-state index is 14.2. The molecule has 42 heteroatoms. The monoisotopic (exact) mass is 2190 g/mol. The second-order valence-electron chi connectivity index (χ2n) is 40.1. The fraction of sp³-hybridized carbons (Fsp3) is 0.547. The standard InChI is InChI=1S/2C20H25F7O8S.2C18H15S.C16H22F2O4.C14H21OS/c2*1-2-31-15(29)18(19(23,24)25,32-4-3-17(21,22)20(26,27)36-35-34-30)33-14(28)16-8-11-5-12(9-16)7-13(6-11)10-16;2*1-4-10-16(11-5-1)19(17-12-6-2-7-13-17)18-14-8-3-9-15-18;1-15(22-13(19)8-21-14(20)16(2,17)18)11-4-9-3-10(6-11)7-12(15)5-9;1-14(2,3)12-4-6-13(7-5-12)16-10-8-15-9-11-16/h2*11-13,30H,2-10H2,1H3;2*1-15H;9-12H,3-8H2,1-2H3;4-7H,8-11H2,1-3H3/q;;2*+1;;+1/p-2. The predicted octanol–water partition coefficient (Wildman–Crippen LogP) is 23.6. The number of benzene rings is 7. The Hall–Kier alpha value is -8.37. The van der Waals surface area contributed by atoms with Gasteiger partial charge in [-0.25, -0.2) is 19.2 Å². The van der Waals surface area contributed by atoms with Gasteiger partial charge in [-0.15, -0.1) is 0 Å². The second-order valence-corrected chi connectivity index (χ2v) is 48.1. The van der Waals surface area contributed by atoms with Crippen LogP contribution < -0.4 is 10.5 Å². The van der Waals surface area contributed by atoms with Crippen molar-refractivity contribution in [3.8, 4) is 0 Å². The molecule has 12 aliphatic carbocycles. The lowest BCUT2D eigenvalue weighted by molar-refractivity contribution is -0.777. The van der Waals surface area contributed by atoms with Crippen LogP contribution in [-0.4, -0.2) is 151 Å². The average molecular weight is 2200 g/mol. The number of hydrogen-bond donors (Lipinski definition) is 0. The van der Waals surface area contributed by atoms with Crippen molar-refractivity contribution in [2.75, 3.05) is 57.8 Å². The molecule has 0 radical (unpaired) electrons. The van der Waals surface area contributed by atoms with Gasteiger partial charge in [0.05, 0.1) is 72.3 Å². The van der Waals surface area contributed by atoms with Crippen LogP contribution >= 0.6 is 24.1 Å². The van der Waals surface area contributed by atoms with Gasteiger partial charge in [0, 0.05) is 30.7 Å². The van der Waals surface area contributed by atoms with E-state index in [0.29, 0.717) is 29.7 Å². The third-order valence-corrected chi connectivity index (χ3v) is 36.5. The molecule has 1 heterocycles. The third-order valence-electron chi connectivity index (χ3n) is 28.5. The lowest BCUT2D eigenvalue weighted by atomic mass is 9.49. The van der Waals surface area contributed by atoms with Gasteiger partial charge >= 0.3 is 88.0 Å². The van der Waals surface area contributed by atoms with Gasteiger partial charge in [-0.2, -0.15) is 78.9 Å². The zero-order valence-electron chi connectivity index (χ0n) is 82.4. The lowest BCUT2D eigenvalue weighted by Gasteiger charge is -2.59. The molecule has 12 bridgehead atoms. The van der Waals surface area contributed by atoms with Gasteiger partial charge in [0.25, 0.3) is 0 Å². The van der Waals surface area contributed by atoms with E-state index < -0.39 is 174 Å². The molecule has 7 aromatic rings. The first-order valence-corrected chi connectivity index (χ1v) is 54.3. The zero-order chi connectivity index (χ0) is 108. The van der Waals surface area contributed by atoms with Gasteiger partial charge in [0.15, 0.2) is 40.9 Å². The highest BCUT2D eigenvalue weighted by molar-refractivity contribution is 7.97. The fourth-order valence-corrected chi connectivity index (χ4v) is 29.2. The highest BCUT2D eigenvalue weighted by Crippen LogP contribution is 2.64. The molecule has 812 valence electrons. The number of alkyl halides is 16. The topological polar surface area (TPSA) is 269 Å². The minimum absolute atomic E-state index is 0.0146. The SMILES string of the molecule is CC(C)(C)c1ccc([S+]2CCOCC2)cc1.CC(F)(F)C(=O)OCC(=O)OC1(C)C2CC3CC(C2)CC1C3.CCOC(=O)C(OCCC(F)(F)C(F)(F)SOO[O-])(OC(=O)C12CC3CC(CC(C3)C1)C2)C(F)(F)F.CCOC(=O)C(OCCC(F)(F)C(F)(F)SOO[O-])(OC(=O)C12CC3CC(CC(C3)C1)C2)C(F)(F)F.c1ccc([S+](c2ccccc2)c2ccccc2)cc1.c1ccc([S+](c2ccccc2)c2ccccc2)cc1. The van der Waals surface area contributed by atoms with Crippen molar-refractivity contribution in [1.29, 1.82) is 0 Å². The van der Waals surface area contributed by atoms with Crippen molar-refractivity contribution in [3.05, 3.63) is 212 Å². The van der Waals surface area contributed by atoms with Crippen LogP contribution in [0.2, 0.25) is 0 Å². The van der Waals surface area contributed by atoms with Crippen molar-refractivity contribution in [1.82, 2.24) is 0 Å². The summed E-state index contributed by atoms with van der Waals surface area (Å²) in [7, 11) is 0.403. The van der Waals surface area contributed by atoms with Crippen LogP contribution in [0.4, 0.5) is 70.2 Å². The second kappa shape index (κ2) is 50.7. The van der Waals surface area contributed by atoms with Crippen LogP contribution in [0.15, 0.2) is 241 Å². The molecule has 0 aromatic heterocycles. The van der Waals surface area contributed by atoms with E-state index in [9.17, 15) is 110 Å². The van der Waals surface area contributed by atoms with E-state index in [-0.39, 0.29) is 101 Å². The first-order chi connectivity index (χ1) is 69.9. The molecule has 0 spiro atoms. The normalized spacial score (nSPS) is 25.0. The number of ether oxygens (including phenoxy) is 9. The van der Waals surface area contributed by atoms with Crippen molar-refractivity contribution in [2.45, 2.75) is 268 Å². The van der Waals surface area contributed by atoms with Crippen LogP contribution in [0.1, 0.15) is 176 Å². The summed E-state index contributed by atoms with van der Waals surface area (Å²) in [6.45, 7) is 7.73. The first-order valence-electron chi connectivity index (χ1n) is 48.8. The number of hydrogen-bond acceptors (Lipinski definition) is 23. The van der Waals surface area contributed by atoms with Gasteiger partial charge in [-0.05, 0) is 285 Å². The Balaban J connectivity index is 0.000000162. The number of carbonyl (C=O) groups is 6. The molecular weight excluding hydrogens is 2070 g/mol. The van der Waals surface area contributed by atoms with Crippen molar-refractivity contribution >= 4 is 92.6 Å². The van der Waals surface area contributed by atoms with Crippen LogP contribution in [0.25, 0.3) is 0 Å². The Morgan fingerprint density at radius 1 is 0.399 bits per heavy atom. The number of rotatable bonds is 35. The molecule has 7 aromatic carbocycles. The third kappa shape index (κ3) is 29.4. The molecule has 20 rings (SSSR count). The molecular formula is C106H121F16O21S5+. The van der Waals surface area contributed by atoms with E-state index >= 15 is 0 Å². The van der Waals surface area contributed by atoms with Crippen LogP contribution in [0.5, 0.6) is 0 Å². The summed E-state index contributed by atoms with van der Waals surface area (Å²) in [4.78, 5) is 83.8. The summed E-state index contributed by atoms with van der Waals surface area (Å²) in [5.74, 6) is -27.1. The van der Waals surface area contributed by atoms with Crippen molar-refractivity contribution in [2.24, 2.45) is 70.0 Å². The highest BCUT2D eigenvalue weighted by atomic mass is 32.2. The van der Waals surface area contributed by atoms with Crippen LogP contribution in [0, 0.1) is 70.0 Å². The first kappa shape index (κ1) is 118. The number of carbonyl (C=O) groups excluding carboxylic acids is 6. The van der Waals surface area contributed by atoms with Gasteiger partial charge in [-0.1, -0.05) is 142 Å². The van der Waals surface area contributed by atoms with E-state index in [1.54, 1.807) is 0 Å². The molecule has 1 saturated heterocycles. The molecule has 12 saturated carbocycles. The maximum Gasteiger partial charge on any atom is 0.468 e. The van der Waals surface area contributed by atoms with Crippen LogP contribution in [-0.2, 0) is 128 Å². The quantitative estimate of drug-likeness (QED) is 0.00522. The van der Waals surface area contributed by atoms with Crippen molar-refractivity contribution < 1.29 is 171 Å². The minimum atomic E-state index is -5.80. The Bertz CT molecular complexity index is 4870. The highest BCUT2D eigenvalue weighted by Gasteiger charge is 2.73. The van der Waals surface area contributed by atoms with E-state index in [0.717, 1.165) is 103 Å². The largest absolute Gasteiger partial charge is 0.691 e. The molecule has 13 fully saturated rings. The summed E-state index contributed by atoms with van der Waals surface area (Å²) < 4.78 is 269. The van der Waals surface area contributed by atoms with Gasteiger partial charge < -0.3 is 53.1 Å². The summed E-state index contributed by atoms with van der Waals surface area (Å²) in [5, 5.41) is 14.2. The lowest BCUT2D eigenvalue weighted by Crippen LogP contribution is -2.61. The summed E-state index contributed by atoms with van der Waals surface area (Å²) >= 11 is -2.73. The smallest absolute Gasteiger partial charge is 0.468 e. The van der Waals surface area contributed by atoms with E-state index in [1.807, 2.05) is 6.92 Å². The fourth-order valence-electron chi connectivity index (χ4n) is 22.5. The molecule has 2 unspecified atom stereocenters. The Morgan fingerprint density at radius 2 is 0.689 bits per heavy atom. The van der Waals surface area contributed by atoms with Crippen LogP contribution in [0.3, 0.4) is 0 Å². The Kier molecular flexibility index (Phi) is 40.5. The van der Waals surface area contributed by atoms with E-state index in [4.69, 9.17) is 9.47 Å². The molecule has 0 amide bonds. The van der Waals surface area contributed by atoms with Gasteiger partial charge in [0.2, 0.25) is 0 Å². The molecule has 13 aliphatic rings. The molecule has 21 nitrogen and oxygen atoms in total. The van der Waals surface area contributed by atoms with Gasteiger partial charge in [0.1, 0.15) is 41.2 Å². The summed E-state index contributed by atoms with van der Waals surface area (Å²) in [5.41, 5.74) is -1.45. The molecule has 1 aliphatic heterocycles. The maximum absolute atomic E-state index is 14.2. The Morgan fingerprint density at radius 3 is 0.953 bits per heavy atom. The number of esters is 6.